The Kier molecular flexibility index (Phi) is 4.48. The molecule has 134 valence electrons. The summed E-state index contributed by atoms with van der Waals surface area (Å²) in [6.07, 6.45) is 6.19. The lowest BCUT2D eigenvalue weighted by molar-refractivity contribution is 0.286. The van der Waals surface area contributed by atoms with Gasteiger partial charge in [0.05, 0.1) is 17.0 Å². The molecule has 4 rings (SSSR count). The van der Waals surface area contributed by atoms with E-state index < -0.39 is 10.0 Å². The van der Waals surface area contributed by atoms with Crippen LogP contribution in [0.15, 0.2) is 58.2 Å². The second-order valence-corrected chi connectivity index (χ2v) is 7.99. The molecule has 26 heavy (non-hydrogen) atoms. The number of hydrogen-bond acceptors (Lipinski definition) is 7. The van der Waals surface area contributed by atoms with E-state index in [9.17, 15) is 8.42 Å². The topological polar surface area (TPSA) is 102 Å². The van der Waals surface area contributed by atoms with Gasteiger partial charge in [-0.15, -0.1) is 10.2 Å². The first-order valence-electron chi connectivity index (χ1n) is 8.29. The zero-order valence-corrected chi connectivity index (χ0v) is 14.7. The molecule has 8 nitrogen and oxygen atoms in total. The van der Waals surface area contributed by atoms with Crippen LogP contribution in [-0.4, -0.2) is 46.0 Å². The molecule has 0 N–H and O–H groups in total. The highest BCUT2D eigenvalue weighted by atomic mass is 32.2. The lowest BCUT2D eigenvalue weighted by Gasteiger charge is -2.30. The largest absolute Gasteiger partial charge is 0.419 e. The summed E-state index contributed by atoms with van der Waals surface area (Å²) in [7, 11) is -3.53. The SMILES string of the molecule is O=S(=O)(c1ccccc1)N1CCC[C@H](c2nnc(-c3cnccn3)o2)C1. The van der Waals surface area contributed by atoms with Crippen LogP contribution < -0.4 is 0 Å². The minimum Gasteiger partial charge on any atom is -0.419 e. The van der Waals surface area contributed by atoms with Crippen molar-refractivity contribution in [2.75, 3.05) is 13.1 Å². The third-order valence-electron chi connectivity index (χ3n) is 4.34. The molecule has 1 saturated heterocycles. The molecule has 0 unspecified atom stereocenters. The molecule has 0 bridgehead atoms. The molecule has 0 amide bonds. The Morgan fingerprint density at radius 2 is 1.96 bits per heavy atom. The van der Waals surface area contributed by atoms with Gasteiger partial charge in [-0.25, -0.2) is 13.4 Å². The molecule has 3 aromatic rings. The number of nitrogens with zero attached hydrogens (tertiary/aromatic N) is 5. The van der Waals surface area contributed by atoms with E-state index in [1.54, 1.807) is 48.9 Å². The molecule has 0 saturated carbocycles. The first-order chi connectivity index (χ1) is 12.6. The standard InChI is InChI=1S/C17H17N5O3S/c23-26(24,14-6-2-1-3-7-14)22-10-4-5-13(12-22)16-20-21-17(25-16)15-11-18-8-9-19-15/h1-3,6-9,11,13H,4-5,10,12H2/t13-/m0/s1. The number of aromatic nitrogens is 4. The third kappa shape index (κ3) is 3.23. The van der Waals surface area contributed by atoms with E-state index in [0.29, 0.717) is 29.6 Å². The van der Waals surface area contributed by atoms with Crippen molar-refractivity contribution in [3.05, 3.63) is 54.8 Å². The van der Waals surface area contributed by atoms with E-state index in [0.717, 1.165) is 12.8 Å². The normalized spacial score (nSPS) is 18.7. The molecule has 1 aliphatic heterocycles. The summed E-state index contributed by atoms with van der Waals surface area (Å²) in [6.45, 7) is 0.804. The summed E-state index contributed by atoms with van der Waals surface area (Å²) < 4.78 is 32.9. The lowest BCUT2D eigenvalue weighted by atomic mass is 10.00. The maximum Gasteiger partial charge on any atom is 0.267 e. The highest BCUT2D eigenvalue weighted by Crippen LogP contribution is 2.30. The molecule has 0 radical (unpaired) electrons. The van der Waals surface area contributed by atoms with Crippen molar-refractivity contribution in [1.29, 1.82) is 0 Å². The van der Waals surface area contributed by atoms with Gasteiger partial charge in [0, 0.05) is 25.5 Å². The second kappa shape index (κ2) is 6.93. The van der Waals surface area contributed by atoms with Gasteiger partial charge >= 0.3 is 0 Å². The fourth-order valence-electron chi connectivity index (χ4n) is 3.02. The predicted octanol–water partition coefficient (Wildman–Crippen LogP) is 2.09. The number of rotatable bonds is 4. The second-order valence-electron chi connectivity index (χ2n) is 6.05. The van der Waals surface area contributed by atoms with E-state index in [-0.39, 0.29) is 11.8 Å². The van der Waals surface area contributed by atoms with Gasteiger partial charge in [0.1, 0.15) is 5.69 Å². The maximum atomic E-state index is 12.8. The van der Waals surface area contributed by atoms with Crippen LogP contribution in [0.25, 0.3) is 11.6 Å². The quantitative estimate of drug-likeness (QED) is 0.692. The summed E-state index contributed by atoms with van der Waals surface area (Å²) in [6, 6.07) is 8.46. The van der Waals surface area contributed by atoms with Crippen LogP contribution in [0.5, 0.6) is 0 Å². The van der Waals surface area contributed by atoms with Crippen LogP contribution in [0.1, 0.15) is 24.7 Å². The van der Waals surface area contributed by atoms with Crippen molar-refractivity contribution < 1.29 is 12.8 Å². The van der Waals surface area contributed by atoms with Crippen LogP contribution in [0.4, 0.5) is 0 Å². The van der Waals surface area contributed by atoms with Crippen LogP contribution >= 0.6 is 0 Å². The van der Waals surface area contributed by atoms with Crippen LogP contribution in [0, 0.1) is 0 Å². The zero-order chi connectivity index (χ0) is 18.0. The van der Waals surface area contributed by atoms with Crippen LogP contribution in [0.2, 0.25) is 0 Å². The van der Waals surface area contributed by atoms with Crippen molar-refractivity contribution in [3.8, 4) is 11.6 Å². The summed E-state index contributed by atoms with van der Waals surface area (Å²) in [4.78, 5) is 8.42. The van der Waals surface area contributed by atoms with Gasteiger partial charge in [-0.1, -0.05) is 18.2 Å². The average Bonchev–Trinajstić information content (AvgIpc) is 3.20. The molecule has 3 heterocycles. The Morgan fingerprint density at radius 1 is 1.12 bits per heavy atom. The summed E-state index contributed by atoms with van der Waals surface area (Å²) in [5, 5.41) is 8.12. The number of benzene rings is 1. The minimum atomic E-state index is -3.53. The molecule has 0 aliphatic carbocycles. The van der Waals surface area contributed by atoms with Gasteiger partial charge < -0.3 is 4.42 Å². The van der Waals surface area contributed by atoms with E-state index in [4.69, 9.17) is 4.42 Å². The van der Waals surface area contributed by atoms with Gasteiger partial charge in [0.2, 0.25) is 15.9 Å². The highest BCUT2D eigenvalue weighted by Gasteiger charge is 2.33. The Balaban J connectivity index is 1.55. The Bertz CT molecular complexity index is 976. The van der Waals surface area contributed by atoms with Gasteiger partial charge in [-0.05, 0) is 25.0 Å². The third-order valence-corrected chi connectivity index (χ3v) is 6.22. The molecule has 9 heteroatoms. The molecular weight excluding hydrogens is 354 g/mol. The maximum absolute atomic E-state index is 12.8. The highest BCUT2D eigenvalue weighted by molar-refractivity contribution is 7.89. The first kappa shape index (κ1) is 16.8. The molecule has 1 atom stereocenters. The van der Waals surface area contributed by atoms with Gasteiger partial charge in [-0.3, -0.25) is 4.98 Å². The Morgan fingerprint density at radius 3 is 2.73 bits per heavy atom. The molecular formula is C17H17N5O3S. The fourth-order valence-corrected chi connectivity index (χ4v) is 4.56. The minimum absolute atomic E-state index is 0.139. The van der Waals surface area contributed by atoms with Crippen LogP contribution in [0.3, 0.4) is 0 Å². The summed E-state index contributed by atoms with van der Waals surface area (Å²) >= 11 is 0. The van der Waals surface area contributed by atoms with E-state index in [1.807, 2.05) is 0 Å². The van der Waals surface area contributed by atoms with E-state index >= 15 is 0 Å². The fraction of sp³-hybridized carbons (Fsp3) is 0.294. The molecule has 1 aliphatic rings. The van der Waals surface area contributed by atoms with Crippen molar-refractivity contribution in [2.24, 2.45) is 0 Å². The van der Waals surface area contributed by atoms with E-state index in [2.05, 4.69) is 20.2 Å². The first-order valence-corrected chi connectivity index (χ1v) is 9.73. The van der Waals surface area contributed by atoms with Gasteiger partial charge in [-0.2, -0.15) is 4.31 Å². The van der Waals surface area contributed by atoms with Gasteiger partial charge in [0.15, 0.2) is 0 Å². The average molecular weight is 371 g/mol. The zero-order valence-electron chi connectivity index (χ0n) is 13.9. The van der Waals surface area contributed by atoms with Gasteiger partial charge in [0.25, 0.3) is 5.89 Å². The molecule has 0 spiro atoms. The van der Waals surface area contributed by atoms with Crippen molar-refractivity contribution >= 4 is 10.0 Å². The molecule has 1 aromatic carbocycles. The summed E-state index contributed by atoms with van der Waals surface area (Å²) in [5.74, 6) is 0.579. The monoisotopic (exact) mass is 371 g/mol. The summed E-state index contributed by atoms with van der Waals surface area (Å²) in [5.41, 5.74) is 0.496. The number of sulfonamides is 1. The smallest absolute Gasteiger partial charge is 0.267 e. The predicted molar refractivity (Wildman–Crippen MR) is 92.5 cm³/mol. The van der Waals surface area contributed by atoms with Crippen LogP contribution in [-0.2, 0) is 10.0 Å². The molecule has 2 aromatic heterocycles. The Labute approximate surface area is 151 Å². The van der Waals surface area contributed by atoms with Crippen molar-refractivity contribution in [3.63, 3.8) is 0 Å². The number of piperidine rings is 1. The van der Waals surface area contributed by atoms with Crippen molar-refractivity contribution in [2.45, 2.75) is 23.7 Å². The Hall–Kier alpha value is -2.65. The lowest BCUT2D eigenvalue weighted by Crippen LogP contribution is -2.39. The molecule has 1 fully saturated rings. The van der Waals surface area contributed by atoms with E-state index in [1.165, 1.54) is 4.31 Å². The van der Waals surface area contributed by atoms with Crippen molar-refractivity contribution in [1.82, 2.24) is 24.5 Å². The number of hydrogen-bond donors (Lipinski definition) is 0.